The first-order valence-corrected chi connectivity index (χ1v) is 8.92. The molecule has 1 heterocycles. The lowest BCUT2D eigenvalue weighted by Crippen LogP contribution is -2.34. The van der Waals surface area contributed by atoms with Crippen LogP contribution in [-0.4, -0.2) is 27.9 Å². The maximum atomic E-state index is 13.0. The number of carbonyl (C=O) groups is 1. The summed E-state index contributed by atoms with van der Waals surface area (Å²) in [6.07, 6.45) is 0.620. The van der Waals surface area contributed by atoms with Gasteiger partial charge in [0.2, 0.25) is 5.89 Å². The zero-order valence-corrected chi connectivity index (χ0v) is 15.5. The van der Waals surface area contributed by atoms with Gasteiger partial charge in [-0.15, -0.1) is 0 Å². The Morgan fingerprint density at radius 2 is 1.89 bits per heavy atom. The van der Waals surface area contributed by atoms with Gasteiger partial charge in [0.1, 0.15) is 5.82 Å². The molecule has 0 radical (unpaired) electrons. The molecule has 1 atom stereocenters. The molecule has 0 unspecified atom stereocenters. The van der Waals surface area contributed by atoms with E-state index in [0.29, 0.717) is 17.1 Å². The van der Waals surface area contributed by atoms with Gasteiger partial charge >= 0.3 is 6.03 Å². The summed E-state index contributed by atoms with van der Waals surface area (Å²) in [6, 6.07) is 11.5. The van der Waals surface area contributed by atoms with Crippen molar-refractivity contribution in [3.63, 3.8) is 0 Å². The zero-order chi connectivity index (χ0) is 19.9. The number of aliphatic hydroxyl groups excluding tert-OH is 1. The molecule has 0 aliphatic heterocycles. The van der Waals surface area contributed by atoms with Crippen LogP contribution in [0.2, 0.25) is 5.02 Å². The molecule has 0 aliphatic carbocycles. The van der Waals surface area contributed by atoms with Crippen LogP contribution in [0.5, 0.6) is 0 Å². The smallest absolute Gasteiger partial charge is 0.319 e. The van der Waals surface area contributed by atoms with Crippen molar-refractivity contribution in [1.29, 1.82) is 0 Å². The van der Waals surface area contributed by atoms with Crippen LogP contribution in [0.15, 0.2) is 53.1 Å². The van der Waals surface area contributed by atoms with Gasteiger partial charge in [0.25, 0.3) is 0 Å². The molecular formula is C19H18ClFN4O3. The predicted octanol–water partition coefficient (Wildman–Crippen LogP) is 3.50. The van der Waals surface area contributed by atoms with Crippen LogP contribution in [0, 0.1) is 5.82 Å². The molecule has 7 nitrogen and oxygen atoms in total. The molecule has 146 valence electrons. The van der Waals surface area contributed by atoms with Gasteiger partial charge < -0.3 is 20.3 Å². The number of halogens is 2. The maximum absolute atomic E-state index is 13.0. The molecule has 2 amide bonds. The highest BCUT2D eigenvalue weighted by Crippen LogP contribution is 2.19. The predicted molar refractivity (Wildman–Crippen MR) is 102 cm³/mol. The summed E-state index contributed by atoms with van der Waals surface area (Å²) in [4.78, 5) is 16.6. The molecule has 3 aromatic rings. The fraction of sp³-hybridized carbons (Fsp3) is 0.211. The Morgan fingerprint density at radius 3 is 2.57 bits per heavy atom. The van der Waals surface area contributed by atoms with Crippen LogP contribution < -0.4 is 10.6 Å². The highest BCUT2D eigenvalue weighted by Gasteiger charge is 2.21. The lowest BCUT2D eigenvalue weighted by molar-refractivity contribution is 0.247. The van der Waals surface area contributed by atoms with Gasteiger partial charge in [0, 0.05) is 17.1 Å². The van der Waals surface area contributed by atoms with Crippen LogP contribution in [0.25, 0.3) is 0 Å². The Morgan fingerprint density at radius 1 is 1.18 bits per heavy atom. The molecule has 0 spiro atoms. The van der Waals surface area contributed by atoms with Crippen LogP contribution in [0.4, 0.5) is 14.9 Å². The molecule has 3 rings (SSSR count). The number of rotatable bonds is 7. The number of aromatic nitrogens is 2. The van der Waals surface area contributed by atoms with Gasteiger partial charge in [-0.1, -0.05) is 28.9 Å². The Labute approximate surface area is 165 Å². The van der Waals surface area contributed by atoms with E-state index in [9.17, 15) is 9.18 Å². The number of anilines is 1. The second kappa shape index (κ2) is 9.29. The third-order valence-electron chi connectivity index (χ3n) is 3.88. The third-order valence-corrected chi connectivity index (χ3v) is 4.13. The molecule has 0 aliphatic rings. The van der Waals surface area contributed by atoms with Gasteiger partial charge in [-0.2, -0.15) is 4.98 Å². The molecule has 0 bridgehead atoms. The van der Waals surface area contributed by atoms with E-state index in [1.54, 1.807) is 12.1 Å². The summed E-state index contributed by atoms with van der Waals surface area (Å²) >= 11 is 5.92. The second-order valence-electron chi connectivity index (χ2n) is 6.01. The number of hydrogen-bond acceptors (Lipinski definition) is 5. The second-order valence-corrected chi connectivity index (χ2v) is 6.44. The minimum atomic E-state index is -0.585. The fourth-order valence-electron chi connectivity index (χ4n) is 2.53. The Bertz CT molecular complexity index is 916. The van der Waals surface area contributed by atoms with Crippen molar-refractivity contribution < 1.29 is 18.8 Å². The van der Waals surface area contributed by atoms with E-state index in [0.717, 1.165) is 5.56 Å². The lowest BCUT2D eigenvalue weighted by atomic mass is 10.1. The maximum Gasteiger partial charge on any atom is 0.319 e. The highest BCUT2D eigenvalue weighted by atomic mass is 35.5. The number of nitrogens with zero attached hydrogens (tertiary/aromatic N) is 2. The third kappa shape index (κ3) is 5.51. The molecule has 0 saturated carbocycles. The Hall–Kier alpha value is -2.97. The number of amides is 2. The summed E-state index contributed by atoms with van der Waals surface area (Å²) < 4.78 is 18.1. The highest BCUT2D eigenvalue weighted by molar-refractivity contribution is 6.30. The molecular weight excluding hydrogens is 387 g/mol. The average Bonchev–Trinajstić information content (AvgIpc) is 3.14. The first-order chi connectivity index (χ1) is 13.5. The molecule has 2 aromatic carbocycles. The van der Waals surface area contributed by atoms with Crippen molar-refractivity contribution >= 4 is 23.3 Å². The van der Waals surface area contributed by atoms with Crippen molar-refractivity contribution in [3.8, 4) is 0 Å². The minimum absolute atomic E-state index is 0.123. The summed E-state index contributed by atoms with van der Waals surface area (Å²) in [5.41, 5.74) is 1.35. The zero-order valence-electron chi connectivity index (χ0n) is 14.7. The largest absolute Gasteiger partial charge is 0.396 e. The Balaban J connectivity index is 1.75. The van der Waals surface area contributed by atoms with Crippen LogP contribution in [0.3, 0.4) is 0 Å². The van der Waals surface area contributed by atoms with Crippen molar-refractivity contribution in [2.75, 3.05) is 11.9 Å². The lowest BCUT2D eigenvalue weighted by Gasteiger charge is -2.16. The Kier molecular flexibility index (Phi) is 6.57. The number of carbonyl (C=O) groups excluding carboxylic acids is 1. The number of urea groups is 1. The van der Waals surface area contributed by atoms with E-state index in [4.69, 9.17) is 21.2 Å². The van der Waals surface area contributed by atoms with Gasteiger partial charge in [0.15, 0.2) is 5.82 Å². The summed E-state index contributed by atoms with van der Waals surface area (Å²) in [7, 11) is 0. The molecule has 0 saturated heterocycles. The van der Waals surface area contributed by atoms with E-state index in [1.807, 2.05) is 12.1 Å². The molecule has 0 fully saturated rings. The first-order valence-electron chi connectivity index (χ1n) is 8.54. The summed E-state index contributed by atoms with van der Waals surface area (Å²) in [5, 5.41) is 18.9. The quantitative estimate of drug-likeness (QED) is 0.559. The van der Waals surface area contributed by atoms with Crippen molar-refractivity contribution in [3.05, 3.63) is 76.6 Å². The van der Waals surface area contributed by atoms with E-state index < -0.39 is 17.9 Å². The van der Waals surface area contributed by atoms with Crippen molar-refractivity contribution in [2.45, 2.75) is 18.9 Å². The van der Waals surface area contributed by atoms with Crippen molar-refractivity contribution in [2.24, 2.45) is 0 Å². The minimum Gasteiger partial charge on any atom is -0.396 e. The normalized spacial score (nSPS) is 11.8. The van der Waals surface area contributed by atoms with E-state index >= 15 is 0 Å². The topological polar surface area (TPSA) is 100 Å². The summed E-state index contributed by atoms with van der Waals surface area (Å²) in [6.45, 7) is -0.123. The van der Waals surface area contributed by atoms with E-state index in [-0.39, 0.29) is 24.7 Å². The molecule has 3 N–H and O–H groups in total. The fourth-order valence-corrected chi connectivity index (χ4v) is 2.65. The van der Waals surface area contributed by atoms with Crippen molar-refractivity contribution in [1.82, 2.24) is 15.5 Å². The number of benzene rings is 2. The van der Waals surface area contributed by atoms with E-state index in [2.05, 4.69) is 20.8 Å². The van der Waals surface area contributed by atoms with Gasteiger partial charge in [-0.25, -0.2) is 9.18 Å². The molecule has 1 aromatic heterocycles. The summed E-state index contributed by atoms with van der Waals surface area (Å²) in [5.74, 6) is 0.168. The van der Waals surface area contributed by atoms with Crippen LogP contribution in [0.1, 0.15) is 23.3 Å². The molecule has 28 heavy (non-hydrogen) atoms. The number of aliphatic hydroxyl groups is 1. The standard InChI is InChI=1S/C19H18ClFN4O3/c20-13-3-1-12(2-4-13)11-16(18-24-17(9-10-26)28-25-18)23-19(27)22-15-7-5-14(21)6-8-15/h1-8,16,26H,9-11H2,(H2,22,23,27)/t16-/m0/s1. The van der Waals surface area contributed by atoms with Gasteiger partial charge in [-0.05, 0) is 42.0 Å². The monoisotopic (exact) mass is 404 g/mol. The van der Waals surface area contributed by atoms with Crippen LogP contribution >= 0.6 is 11.6 Å². The van der Waals surface area contributed by atoms with Crippen LogP contribution in [-0.2, 0) is 12.8 Å². The SMILES string of the molecule is O=C(Nc1ccc(F)cc1)N[C@@H](Cc1ccc(Cl)cc1)c1noc(CCO)n1. The first kappa shape index (κ1) is 19.8. The number of hydrogen-bond donors (Lipinski definition) is 3. The van der Waals surface area contributed by atoms with Gasteiger partial charge in [0.05, 0.1) is 19.1 Å². The van der Waals surface area contributed by atoms with E-state index in [1.165, 1.54) is 24.3 Å². The van der Waals surface area contributed by atoms with Gasteiger partial charge in [-0.3, -0.25) is 0 Å². The number of nitrogens with one attached hydrogen (secondary N) is 2. The molecule has 9 heteroatoms. The average molecular weight is 405 g/mol.